The second-order valence-corrected chi connectivity index (χ2v) is 6.54. The van der Waals surface area contributed by atoms with Crippen molar-refractivity contribution in [3.05, 3.63) is 65.2 Å². The molecule has 1 aliphatic heterocycles. The lowest BCUT2D eigenvalue weighted by molar-refractivity contribution is -0.137. The molecule has 0 aromatic heterocycles. The third-order valence-electron chi connectivity index (χ3n) is 4.69. The van der Waals surface area contributed by atoms with Gasteiger partial charge in [-0.15, -0.1) is 0 Å². The molecule has 1 saturated heterocycles. The third kappa shape index (κ3) is 4.18. The van der Waals surface area contributed by atoms with Crippen molar-refractivity contribution >= 4 is 5.91 Å². The number of likely N-dealkylation sites (tertiary alicyclic amines) is 1. The van der Waals surface area contributed by atoms with Gasteiger partial charge in [0, 0.05) is 18.7 Å². The number of nitrogens with zero attached hydrogens (tertiary/aromatic N) is 1. The van der Waals surface area contributed by atoms with Gasteiger partial charge in [-0.1, -0.05) is 18.2 Å². The number of carbonyl (C=O) groups is 1. The molecule has 1 aliphatic rings. The zero-order valence-electron chi connectivity index (χ0n) is 14.4. The lowest BCUT2D eigenvalue weighted by Crippen LogP contribution is -2.29. The van der Waals surface area contributed by atoms with Crippen LogP contribution >= 0.6 is 0 Å². The lowest BCUT2D eigenvalue weighted by atomic mass is 9.99. The van der Waals surface area contributed by atoms with E-state index in [0.29, 0.717) is 19.0 Å². The number of hydrogen-bond acceptors (Lipinski definition) is 2. The Morgan fingerprint density at radius 1 is 1.19 bits per heavy atom. The molecule has 0 bridgehead atoms. The van der Waals surface area contributed by atoms with Gasteiger partial charge in [-0.05, 0) is 54.7 Å². The van der Waals surface area contributed by atoms with E-state index in [9.17, 15) is 18.0 Å². The average Bonchev–Trinajstić information content (AvgIpc) is 3.09. The Bertz CT molecular complexity index is 771. The number of alkyl halides is 3. The van der Waals surface area contributed by atoms with Crippen molar-refractivity contribution in [1.29, 1.82) is 0 Å². The van der Waals surface area contributed by atoms with E-state index in [1.165, 1.54) is 12.1 Å². The summed E-state index contributed by atoms with van der Waals surface area (Å²) in [6.45, 7) is 1.12. The second kappa shape index (κ2) is 7.40. The van der Waals surface area contributed by atoms with E-state index in [1.54, 1.807) is 12.0 Å². The number of ether oxygens (including phenoxy) is 1. The fraction of sp³-hybridized carbons (Fsp3) is 0.350. The molecule has 1 heterocycles. The van der Waals surface area contributed by atoms with Gasteiger partial charge in [0.15, 0.2) is 0 Å². The average molecular weight is 363 g/mol. The molecular formula is C20H20F3NO2. The van der Waals surface area contributed by atoms with Crippen LogP contribution in [-0.2, 0) is 12.6 Å². The van der Waals surface area contributed by atoms with Crippen LogP contribution in [0.25, 0.3) is 0 Å². The van der Waals surface area contributed by atoms with Gasteiger partial charge in [0.05, 0.1) is 12.7 Å². The molecule has 0 spiro atoms. The number of hydrogen-bond donors (Lipinski definition) is 0. The van der Waals surface area contributed by atoms with Gasteiger partial charge in [0.1, 0.15) is 5.75 Å². The van der Waals surface area contributed by atoms with Gasteiger partial charge < -0.3 is 9.64 Å². The molecule has 0 aliphatic carbocycles. The molecule has 3 nitrogen and oxygen atoms in total. The highest BCUT2D eigenvalue weighted by Crippen LogP contribution is 2.30. The zero-order valence-corrected chi connectivity index (χ0v) is 14.4. The molecule has 1 atom stereocenters. The van der Waals surface area contributed by atoms with E-state index in [0.717, 1.165) is 36.3 Å². The van der Waals surface area contributed by atoms with Crippen molar-refractivity contribution < 1.29 is 22.7 Å². The van der Waals surface area contributed by atoms with E-state index in [4.69, 9.17) is 4.74 Å². The Balaban J connectivity index is 1.63. The Kier molecular flexibility index (Phi) is 5.20. The fourth-order valence-electron chi connectivity index (χ4n) is 3.29. The smallest absolute Gasteiger partial charge is 0.416 e. The summed E-state index contributed by atoms with van der Waals surface area (Å²) in [7, 11) is 1.61. The molecule has 1 amide bonds. The van der Waals surface area contributed by atoms with Crippen LogP contribution in [-0.4, -0.2) is 31.0 Å². The molecule has 0 N–H and O–H groups in total. The highest BCUT2D eigenvalue weighted by atomic mass is 19.4. The quantitative estimate of drug-likeness (QED) is 0.805. The summed E-state index contributed by atoms with van der Waals surface area (Å²) < 4.78 is 43.6. The van der Waals surface area contributed by atoms with Gasteiger partial charge in [-0.3, -0.25) is 4.79 Å². The molecule has 6 heteroatoms. The first-order valence-electron chi connectivity index (χ1n) is 8.46. The van der Waals surface area contributed by atoms with Crippen LogP contribution in [0.1, 0.15) is 27.9 Å². The molecule has 0 radical (unpaired) electrons. The van der Waals surface area contributed by atoms with Crippen LogP contribution in [0.4, 0.5) is 13.2 Å². The van der Waals surface area contributed by atoms with E-state index in [-0.39, 0.29) is 11.5 Å². The van der Waals surface area contributed by atoms with Crippen LogP contribution in [0.3, 0.4) is 0 Å². The standard InChI is InChI=1S/C20H20F3NO2/c1-26-18-7-5-14(6-8-18)11-15-9-10-24(13-15)19(25)16-3-2-4-17(12-16)20(21,22)23/h2-8,12,15H,9-11,13H2,1H3. The highest BCUT2D eigenvalue weighted by molar-refractivity contribution is 5.94. The van der Waals surface area contributed by atoms with Gasteiger partial charge in [-0.25, -0.2) is 0 Å². The first-order chi connectivity index (χ1) is 12.4. The summed E-state index contributed by atoms with van der Waals surface area (Å²) in [5, 5.41) is 0. The summed E-state index contributed by atoms with van der Waals surface area (Å²) in [4.78, 5) is 14.2. The molecule has 0 saturated carbocycles. The topological polar surface area (TPSA) is 29.5 Å². The summed E-state index contributed by atoms with van der Waals surface area (Å²) in [6.07, 6.45) is -2.77. The maximum atomic E-state index is 12.8. The van der Waals surface area contributed by atoms with Crippen LogP contribution in [0.5, 0.6) is 5.75 Å². The lowest BCUT2D eigenvalue weighted by Gasteiger charge is -2.17. The molecule has 2 aromatic rings. The van der Waals surface area contributed by atoms with Crippen molar-refractivity contribution in [3.63, 3.8) is 0 Å². The minimum absolute atomic E-state index is 0.0879. The molecule has 2 aromatic carbocycles. The summed E-state index contributed by atoms with van der Waals surface area (Å²) in [5.74, 6) is 0.757. The van der Waals surface area contributed by atoms with Crippen molar-refractivity contribution in [2.24, 2.45) is 5.92 Å². The van der Waals surface area contributed by atoms with Gasteiger partial charge in [0.2, 0.25) is 0 Å². The maximum absolute atomic E-state index is 12.8. The Hall–Kier alpha value is -2.50. The third-order valence-corrected chi connectivity index (χ3v) is 4.69. The number of rotatable bonds is 4. The Morgan fingerprint density at radius 2 is 1.92 bits per heavy atom. The fourth-order valence-corrected chi connectivity index (χ4v) is 3.29. The van der Waals surface area contributed by atoms with E-state index in [2.05, 4.69) is 0 Å². The first-order valence-corrected chi connectivity index (χ1v) is 8.46. The minimum atomic E-state index is -4.45. The van der Waals surface area contributed by atoms with Crippen LogP contribution in [0, 0.1) is 5.92 Å². The molecular weight excluding hydrogens is 343 g/mol. The van der Waals surface area contributed by atoms with Crippen molar-refractivity contribution in [1.82, 2.24) is 4.90 Å². The predicted octanol–water partition coefficient (Wildman–Crippen LogP) is 4.42. The van der Waals surface area contributed by atoms with Crippen LogP contribution in [0.2, 0.25) is 0 Å². The van der Waals surface area contributed by atoms with E-state index >= 15 is 0 Å². The van der Waals surface area contributed by atoms with Gasteiger partial charge >= 0.3 is 6.18 Å². The minimum Gasteiger partial charge on any atom is -0.497 e. The molecule has 3 rings (SSSR count). The summed E-state index contributed by atoms with van der Waals surface area (Å²) in [6, 6.07) is 12.4. The SMILES string of the molecule is COc1ccc(CC2CCN(C(=O)c3cccc(C(F)(F)F)c3)C2)cc1. The molecule has 26 heavy (non-hydrogen) atoms. The first kappa shape index (κ1) is 18.3. The molecule has 138 valence electrons. The summed E-state index contributed by atoms with van der Waals surface area (Å²) in [5.41, 5.74) is 0.450. The van der Waals surface area contributed by atoms with Crippen LogP contribution in [0.15, 0.2) is 48.5 Å². The number of carbonyl (C=O) groups excluding carboxylic acids is 1. The second-order valence-electron chi connectivity index (χ2n) is 6.54. The van der Waals surface area contributed by atoms with Crippen LogP contribution < -0.4 is 4.74 Å². The number of halogens is 3. The van der Waals surface area contributed by atoms with Crippen molar-refractivity contribution in [2.75, 3.05) is 20.2 Å². The van der Waals surface area contributed by atoms with Crippen molar-refractivity contribution in [3.8, 4) is 5.75 Å². The highest BCUT2D eigenvalue weighted by Gasteiger charge is 2.32. The van der Waals surface area contributed by atoms with Gasteiger partial charge in [-0.2, -0.15) is 13.2 Å². The Labute approximate surface area is 150 Å². The zero-order chi connectivity index (χ0) is 18.7. The molecule has 1 fully saturated rings. The predicted molar refractivity (Wildman–Crippen MR) is 92.2 cm³/mol. The van der Waals surface area contributed by atoms with Gasteiger partial charge in [0.25, 0.3) is 5.91 Å². The Morgan fingerprint density at radius 3 is 2.58 bits per heavy atom. The number of methoxy groups -OCH3 is 1. The maximum Gasteiger partial charge on any atom is 0.416 e. The monoisotopic (exact) mass is 363 g/mol. The largest absolute Gasteiger partial charge is 0.497 e. The normalized spacial score (nSPS) is 17.4. The van der Waals surface area contributed by atoms with E-state index in [1.807, 2.05) is 24.3 Å². The molecule has 1 unspecified atom stereocenters. The van der Waals surface area contributed by atoms with E-state index < -0.39 is 11.7 Å². The number of benzene rings is 2. The summed E-state index contributed by atoms with van der Waals surface area (Å²) >= 11 is 0. The van der Waals surface area contributed by atoms with Crippen molar-refractivity contribution in [2.45, 2.75) is 19.0 Å². The number of amides is 1.